The Kier molecular flexibility index (Phi) is 11.3. The number of carboxylic acids is 2. The van der Waals surface area contributed by atoms with E-state index in [9.17, 15) is 19.5 Å². The number of aryl methyl sites for hydroxylation is 2. The fourth-order valence-electron chi connectivity index (χ4n) is 6.80. The third-order valence-corrected chi connectivity index (χ3v) is 9.23. The number of nitrogens with zero attached hydrogens (tertiary/aromatic N) is 2. The zero-order chi connectivity index (χ0) is 35.0. The van der Waals surface area contributed by atoms with Gasteiger partial charge in [-0.15, -0.1) is 0 Å². The molecule has 4 aromatic rings. The molecule has 6 N–H and O–H groups in total. The van der Waals surface area contributed by atoms with E-state index in [0.717, 1.165) is 61.9 Å². The molecule has 12 nitrogen and oxygen atoms in total. The number of aromatic amines is 1. The Morgan fingerprint density at radius 3 is 2.45 bits per heavy atom. The molecule has 2 aromatic heterocycles. The van der Waals surface area contributed by atoms with Crippen molar-refractivity contribution in [2.45, 2.75) is 88.7 Å². The Labute approximate surface area is 285 Å². The number of nitrogens with one attached hydrogen (secondary N) is 3. The number of amides is 1. The molecule has 12 heteroatoms. The SMILES string of the molecule is CC(C)(Cc1c[nH]c2c(CCc3cnccn3)cccc12)NC[C@H](O)COc1cccc2c1C1(CCCC1)C(=O)N2.O=C(O)CCC(=O)O. The van der Waals surface area contributed by atoms with Crippen LogP contribution in [0.1, 0.15) is 74.8 Å². The van der Waals surface area contributed by atoms with Crippen molar-refractivity contribution in [1.29, 1.82) is 0 Å². The number of hydrogen-bond donors (Lipinski definition) is 6. The normalized spacial score (nSPS) is 15.4. The molecule has 1 spiro atoms. The molecule has 260 valence electrons. The summed E-state index contributed by atoms with van der Waals surface area (Å²) in [5.41, 5.74) is 5.75. The molecule has 3 heterocycles. The maximum atomic E-state index is 12.8. The van der Waals surface area contributed by atoms with E-state index in [4.69, 9.17) is 14.9 Å². The van der Waals surface area contributed by atoms with Crippen LogP contribution < -0.4 is 15.4 Å². The van der Waals surface area contributed by atoms with Crippen molar-refractivity contribution in [2.75, 3.05) is 18.5 Å². The molecule has 1 saturated carbocycles. The number of carbonyl (C=O) groups is 3. The maximum Gasteiger partial charge on any atom is 0.303 e. The Morgan fingerprint density at radius 2 is 1.76 bits per heavy atom. The van der Waals surface area contributed by atoms with Gasteiger partial charge in [0, 0.05) is 59.0 Å². The first-order valence-corrected chi connectivity index (χ1v) is 16.7. The van der Waals surface area contributed by atoms with Crippen LogP contribution >= 0.6 is 0 Å². The summed E-state index contributed by atoms with van der Waals surface area (Å²) >= 11 is 0. The number of carbonyl (C=O) groups excluding carboxylic acids is 1. The lowest BCUT2D eigenvalue weighted by atomic mass is 9.79. The average molecular weight is 672 g/mol. The first-order valence-electron chi connectivity index (χ1n) is 16.7. The van der Waals surface area contributed by atoms with Crippen LogP contribution in [0.5, 0.6) is 5.75 Å². The Hall–Kier alpha value is -4.81. The Balaban J connectivity index is 0.000000523. The molecule has 1 atom stereocenters. The zero-order valence-corrected chi connectivity index (χ0v) is 28.0. The first kappa shape index (κ1) is 35.5. The lowest BCUT2D eigenvalue weighted by molar-refractivity contribution is -0.143. The van der Waals surface area contributed by atoms with Gasteiger partial charge in [0.2, 0.25) is 5.91 Å². The number of carboxylic acid groups (broad SMARTS) is 2. The van der Waals surface area contributed by atoms with Crippen LogP contribution in [0.25, 0.3) is 10.9 Å². The minimum atomic E-state index is -1.08. The third-order valence-electron chi connectivity index (χ3n) is 9.23. The highest BCUT2D eigenvalue weighted by molar-refractivity contribution is 6.07. The summed E-state index contributed by atoms with van der Waals surface area (Å²) < 4.78 is 6.15. The predicted molar refractivity (Wildman–Crippen MR) is 185 cm³/mol. The zero-order valence-electron chi connectivity index (χ0n) is 28.0. The van der Waals surface area contributed by atoms with Gasteiger partial charge in [0.15, 0.2) is 0 Å². The van der Waals surface area contributed by atoms with Crippen molar-refractivity contribution in [1.82, 2.24) is 20.3 Å². The fraction of sp³-hybridized carbons (Fsp3) is 0.432. The Morgan fingerprint density at radius 1 is 1.02 bits per heavy atom. The van der Waals surface area contributed by atoms with Gasteiger partial charge in [0.25, 0.3) is 0 Å². The number of β-amino-alcohol motifs (C(OH)–C–C–N with tert-alkyl or cyclic N) is 1. The number of rotatable bonds is 14. The number of benzene rings is 2. The van der Waals surface area contributed by atoms with Crippen molar-refractivity contribution in [3.8, 4) is 5.75 Å². The molecule has 49 heavy (non-hydrogen) atoms. The predicted octanol–water partition coefficient (Wildman–Crippen LogP) is 4.79. The molecular formula is C37H45N5O7. The molecule has 6 rings (SSSR count). The number of anilines is 1. The Bertz CT molecular complexity index is 1750. The molecule has 2 aliphatic rings. The van der Waals surface area contributed by atoms with Gasteiger partial charge in [-0.1, -0.05) is 37.1 Å². The topological polar surface area (TPSA) is 187 Å². The fourth-order valence-corrected chi connectivity index (χ4v) is 6.80. The summed E-state index contributed by atoms with van der Waals surface area (Å²) in [7, 11) is 0. The minimum absolute atomic E-state index is 0.0833. The van der Waals surface area contributed by atoms with Crippen LogP contribution in [-0.2, 0) is 39.1 Å². The van der Waals surface area contributed by atoms with Crippen molar-refractivity contribution in [3.63, 3.8) is 0 Å². The van der Waals surface area contributed by atoms with Crippen molar-refractivity contribution < 1.29 is 34.4 Å². The number of aliphatic hydroxyl groups is 1. The number of fused-ring (bicyclic) bond motifs is 3. The summed E-state index contributed by atoms with van der Waals surface area (Å²) in [5.74, 6) is -1.37. The lowest BCUT2D eigenvalue weighted by Crippen LogP contribution is -2.46. The maximum absolute atomic E-state index is 12.8. The minimum Gasteiger partial charge on any atom is -0.490 e. The van der Waals surface area contributed by atoms with Gasteiger partial charge < -0.3 is 35.7 Å². The number of para-hydroxylation sites is 1. The molecule has 0 radical (unpaired) electrons. The number of hydrogen-bond acceptors (Lipinski definition) is 8. The van der Waals surface area contributed by atoms with Crippen LogP contribution in [0, 0.1) is 0 Å². The van der Waals surface area contributed by atoms with Crippen molar-refractivity contribution in [3.05, 3.63) is 83.6 Å². The number of aliphatic hydroxyl groups excluding tert-OH is 1. The highest BCUT2D eigenvalue weighted by Crippen LogP contribution is 2.52. The summed E-state index contributed by atoms with van der Waals surface area (Å²) in [6.07, 6.45) is 12.4. The summed E-state index contributed by atoms with van der Waals surface area (Å²) in [6, 6.07) is 12.2. The van der Waals surface area contributed by atoms with Crippen LogP contribution in [0.3, 0.4) is 0 Å². The molecular weight excluding hydrogens is 626 g/mol. The second kappa shape index (κ2) is 15.6. The quantitative estimate of drug-likeness (QED) is 0.109. The molecule has 0 bridgehead atoms. The highest BCUT2D eigenvalue weighted by Gasteiger charge is 2.50. The van der Waals surface area contributed by atoms with Gasteiger partial charge in [0.05, 0.1) is 24.0 Å². The standard InChI is InChI=1S/C33H39N5O3.C4H6O4/c1-32(2,17-23-18-36-30-22(7-5-8-26(23)30)11-12-24-19-34-15-16-35-24)37-20-25(39)21-41-28-10-6-9-27-29(28)33(31(40)38-27)13-3-4-14-33;5-3(6)1-2-4(7)8/h5-10,15-16,18-19,25,36-37,39H,3-4,11-14,17,20-21H2,1-2H3,(H,38,40);1-2H2,(H,5,6)(H,7,8)/t25-;/m0./s1. The molecule has 0 saturated heterocycles. The largest absolute Gasteiger partial charge is 0.490 e. The first-order chi connectivity index (χ1) is 23.5. The van der Waals surface area contributed by atoms with Crippen molar-refractivity contribution in [2.24, 2.45) is 0 Å². The second-order valence-corrected chi connectivity index (χ2v) is 13.5. The van der Waals surface area contributed by atoms with Gasteiger partial charge in [-0.25, -0.2) is 0 Å². The van der Waals surface area contributed by atoms with Gasteiger partial charge in [-0.2, -0.15) is 0 Å². The van der Waals surface area contributed by atoms with E-state index in [1.807, 2.05) is 24.4 Å². The van der Waals surface area contributed by atoms with Gasteiger partial charge in [-0.3, -0.25) is 24.4 Å². The van der Waals surface area contributed by atoms with Gasteiger partial charge in [-0.05, 0) is 69.2 Å². The highest BCUT2D eigenvalue weighted by atomic mass is 16.5. The average Bonchev–Trinajstić information content (AvgIpc) is 3.80. The van der Waals surface area contributed by atoms with E-state index < -0.39 is 23.5 Å². The van der Waals surface area contributed by atoms with Crippen LogP contribution in [0.15, 0.2) is 61.2 Å². The third kappa shape index (κ3) is 8.81. The van der Waals surface area contributed by atoms with E-state index in [1.54, 1.807) is 12.4 Å². The summed E-state index contributed by atoms with van der Waals surface area (Å²) in [4.78, 5) is 44.2. The van der Waals surface area contributed by atoms with E-state index >= 15 is 0 Å². The number of H-pyrrole nitrogens is 1. The summed E-state index contributed by atoms with van der Waals surface area (Å²) in [6.45, 7) is 4.87. The monoisotopic (exact) mass is 671 g/mol. The van der Waals surface area contributed by atoms with E-state index in [-0.39, 0.29) is 30.9 Å². The molecule has 0 unspecified atom stereocenters. The molecule has 1 aliphatic carbocycles. The van der Waals surface area contributed by atoms with Gasteiger partial charge in [0.1, 0.15) is 18.5 Å². The van der Waals surface area contributed by atoms with Crippen LogP contribution in [0.4, 0.5) is 5.69 Å². The second-order valence-electron chi connectivity index (χ2n) is 13.5. The molecule has 1 aliphatic heterocycles. The van der Waals surface area contributed by atoms with Gasteiger partial charge >= 0.3 is 11.9 Å². The van der Waals surface area contributed by atoms with Crippen molar-refractivity contribution >= 4 is 34.4 Å². The smallest absolute Gasteiger partial charge is 0.303 e. The summed E-state index contributed by atoms with van der Waals surface area (Å²) in [5, 5.41) is 34.4. The van der Waals surface area contributed by atoms with E-state index in [1.165, 1.54) is 22.0 Å². The van der Waals surface area contributed by atoms with Crippen LogP contribution in [0.2, 0.25) is 0 Å². The van der Waals surface area contributed by atoms with E-state index in [2.05, 4.69) is 63.8 Å². The molecule has 2 aromatic carbocycles. The van der Waals surface area contributed by atoms with Crippen LogP contribution in [-0.4, -0.2) is 72.9 Å². The number of ether oxygens (including phenoxy) is 1. The number of aromatic nitrogens is 3. The lowest BCUT2D eigenvalue weighted by Gasteiger charge is -2.28. The molecule has 1 amide bonds. The van der Waals surface area contributed by atoms with E-state index in [0.29, 0.717) is 12.3 Å². The molecule has 1 fully saturated rings. The number of aliphatic carboxylic acids is 2.